The van der Waals surface area contributed by atoms with Crippen molar-refractivity contribution in [1.82, 2.24) is 20.4 Å². The van der Waals surface area contributed by atoms with Gasteiger partial charge in [0.25, 0.3) is 0 Å². The second-order valence-corrected chi connectivity index (χ2v) is 6.28. The average molecular weight is 242 g/mol. The van der Waals surface area contributed by atoms with E-state index >= 15 is 0 Å². The van der Waals surface area contributed by atoms with Crippen LogP contribution in [0.3, 0.4) is 0 Å². The number of nitrogens with one attached hydrogen (secondary N) is 2. The van der Waals surface area contributed by atoms with Crippen molar-refractivity contribution in [2.24, 2.45) is 0 Å². The van der Waals surface area contributed by atoms with E-state index in [1.54, 1.807) is 0 Å². The van der Waals surface area contributed by atoms with Crippen LogP contribution >= 0.6 is 0 Å². The van der Waals surface area contributed by atoms with Crippen LogP contribution in [0.4, 0.5) is 0 Å². The van der Waals surface area contributed by atoms with Gasteiger partial charge in [-0.1, -0.05) is 0 Å². The molecule has 1 atom stereocenters. The van der Waals surface area contributed by atoms with Gasteiger partial charge in [0, 0.05) is 50.8 Å². The highest BCUT2D eigenvalue weighted by Gasteiger charge is 2.21. The molecular weight excluding hydrogens is 212 g/mol. The molecule has 0 saturated carbocycles. The molecule has 0 spiro atoms. The quantitative estimate of drug-likeness (QED) is 0.675. The summed E-state index contributed by atoms with van der Waals surface area (Å²) in [7, 11) is 4.44. The van der Waals surface area contributed by atoms with Gasteiger partial charge in [-0.25, -0.2) is 0 Å². The van der Waals surface area contributed by atoms with E-state index < -0.39 is 0 Å². The molecule has 17 heavy (non-hydrogen) atoms. The predicted octanol–water partition coefficient (Wildman–Crippen LogP) is 0.210. The molecule has 0 aliphatic carbocycles. The summed E-state index contributed by atoms with van der Waals surface area (Å²) in [5, 5.41) is 7.04. The van der Waals surface area contributed by atoms with Crippen molar-refractivity contribution >= 4 is 0 Å². The lowest BCUT2D eigenvalue weighted by Gasteiger charge is -2.37. The van der Waals surface area contributed by atoms with Crippen molar-refractivity contribution in [1.29, 1.82) is 0 Å². The van der Waals surface area contributed by atoms with Crippen LogP contribution in [0.2, 0.25) is 0 Å². The first-order valence-corrected chi connectivity index (χ1v) is 6.73. The molecule has 1 saturated heterocycles. The van der Waals surface area contributed by atoms with Crippen molar-refractivity contribution < 1.29 is 0 Å². The van der Waals surface area contributed by atoms with Crippen molar-refractivity contribution in [3.8, 4) is 0 Å². The SMILES string of the molecule is CN1CCN(C)C(CNCCNC(C)(C)C)C1. The Kier molecular flexibility index (Phi) is 5.86. The Morgan fingerprint density at radius 2 is 1.82 bits per heavy atom. The van der Waals surface area contributed by atoms with Gasteiger partial charge in [0.15, 0.2) is 0 Å². The Morgan fingerprint density at radius 3 is 2.47 bits per heavy atom. The lowest BCUT2D eigenvalue weighted by molar-refractivity contribution is 0.113. The van der Waals surface area contributed by atoms with Gasteiger partial charge in [-0.15, -0.1) is 0 Å². The lowest BCUT2D eigenvalue weighted by atomic mass is 10.1. The summed E-state index contributed by atoms with van der Waals surface area (Å²) in [5.74, 6) is 0. The molecule has 1 unspecified atom stereocenters. The molecule has 0 radical (unpaired) electrons. The molecule has 2 N–H and O–H groups in total. The van der Waals surface area contributed by atoms with Gasteiger partial charge in [0.1, 0.15) is 0 Å². The smallest absolute Gasteiger partial charge is 0.0345 e. The second kappa shape index (κ2) is 6.69. The summed E-state index contributed by atoms with van der Waals surface area (Å²) >= 11 is 0. The largest absolute Gasteiger partial charge is 0.314 e. The highest BCUT2D eigenvalue weighted by molar-refractivity contribution is 4.80. The molecule has 0 aromatic rings. The maximum absolute atomic E-state index is 3.55. The van der Waals surface area contributed by atoms with Crippen LogP contribution in [0.5, 0.6) is 0 Å². The number of rotatable bonds is 5. The van der Waals surface area contributed by atoms with E-state index in [4.69, 9.17) is 0 Å². The molecule has 1 aliphatic heterocycles. The van der Waals surface area contributed by atoms with Gasteiger partial charge < -0.3 is 15.5 Å². The Morgan fingerprint density at radius 1 is 1.12 bits per heavy atom. The Bertz CT molecular complexity index is 212. The number of likely N-dealkylation sites (N-methyl/N-ethyl adjacent to an activating group) is 2. The molecule has 1 fully saturated rings. The molecule has 0 aromatic carbocycles. The third-order valence-electron chi connectivity index (χ3n) is 3.32. The van der Waals surface area contributed by atoms with E-state index in [0.717, 1.165) is 19.6 Å². The zero-order valence-electron chi connectivity index (χ0n) is 12.2. The Balaban J connectivity index is 2.09. The van der Waals surface area contributed by atoms with E-state index in [1.807, 2.05) is 0 Å². The molecule has 0 aromatic heterocycles. The zero-order chi connectivity index (χ0) is 12.9. The van der Waals surface area contributed by atoms with E-state index in [0.29, 0.717) is 6.04 Å². The molecule has 4 nitrogen and oxygen atoms in total. The zero-order valence-corrected chi connectivity index (χ0v) is 12.2. The van der Waals surface area contributed by atoms with Gasteiger partial charge in [-0.3, -0.25) is 4.90 Å². The minimum atomic E-state index is 0.226. The minimum absolute atomic E-state index is 0.226. The first-order chi connectivity index (χ1) is 7.88. The van der Waals surface area contributed by atoms with E-state index in [9.17, 15) is 0 Å². The number of hydrogen-bond donors (Lipinski definition) is 2. The van der Waals surface area contributed by atoms with Gasteiger partial charge in [0.2, 0.25) is 0 Å². The third kappa shape index (κ3) is 6.36. The fourth-order valence-electron chi connectivity index (χ4n) is 2.12. The van der Waals surface area contributed by atoms with Crippen molar-refractivity contribution in [2.45, 2.75) is 32.4 Å². The standard InChI is InChI=1S/C13H30N4/c1-13(2,3)15-7-6-14-10-12-11-16(4)8-9-17(12)5/h12,14-15H,6-11H2,1-5H3. The third-order valence-corrected chi connectivity index (χ3v) is 3.32. The summed E-state index contributed by atoms with van der Waals surface area (Å²) in [6.07, 6.45) is 0. The summed E-state index contributed by atoms with van der Waals surface area (Å²) in [6, 6.07) is 0.656. The van der Waals surface area contributed by atoms with Crippen molar-refractivity contribution in [2.75, 3.05) is 53.4 Å². The number of piperazine rings is 1. The lowest BCUT2D eigenvalue weighted by Crippen LogP contribution is -2.54. The van der Waals surface area contributed by atoms with E-state index in [-0.39, 0.29) is 5.54 Å². The summed E-state index contributed by atoms with van der Waals surface area (Å²) in [5.41, 5.74) is 0.226. The van der Waals surface area contributed by atoms with E-state index in [2.05, 4.69) is 55.3 Å². The summed E-state index contributed by atoms with van der Waals surface area (Å²) in [4.78, 5) is 4.88. The summed E-state index contributed by atoms with van der Waals surface area (Å²) in [6.45, 7) is 13.3. The van der Waals surface area contributed by atoms with Crippen LogP contribution in [0.15, 0.2) is 0 Å². The molecule has 0 amide bonds. The van der Waals surface area contributed by atoms with Gasteiger partial charge in [-0.2, -0.15) is 0 Å². The molecule has 1 heterocycles. The van der Waals surface area contributed by atoms with Crippen LogP contribution in [0, 0.1) is 0 Å². The average Bonchev–Trinajstić information content (AvgIpc) is 2.21. The minimum Gasteiger partial charge on any atom is -0.314 e. The predicted molar refractivity (Wildman–Crippen MR) is 74.5 cm³/mol. The van der Waals surface area contributed by atoms with Crippen LogP contribution in [0.1, 0.15) is 20.8 Å². The van der Waals surface area contributed by atoms with Crippen LogP contribution in [-0.2, 0) is 0 Å². The normalized spacial score (nSPS) is 24.2. The van der Waals surface area contributed by atoms with Crippen molar-refractivity contribution in [3.63, 3.8) is 0 Å². The number of nitrogens with zero attached hydrogens (tertiary/aromatic N) is 2. The fraction of sp³-hybridized carbons (Fsp3) is 1.00. The molecular formula is C13H30N4. The second-order valence-electron chi connectivity index (χ2n) is 6.28. The molecule has 102 valence electrons. The van der Waals surface area contributed by atoms with E-state index in [1.165, 1.54) is 19.6 Å². The molecule has 1 rings (SSSR count). The van der Waals surface area contributed by atoms with Crippen LogP contribution in [0.25, 0.3) is 0 Å². The first-order valence-electron chi connectivity index (χ1n) is 6.73. The molecule has 0 bridgehead atoms. The number of hydrogen-bond acceptors (Lipinski definition) is 4. The van der Waals surface area contributed by atoms with Crippen molar-refractivity contribution in [3.05, 3.63) is 0 Å². The molecule has 4 heteroatoms. The van der Waals surface area contributed by atoms with Crippen LogP contribution < -0.4 is 10.6 Å². The van der Waals surface area contributed by atoms with Gasteiger partial charge in [0.05, 0.1) is 0 Å². The molecule has 1 aliphatic rings. The summed E-state index contributed by atoms with van der Waals surface area (Å²) < 4.78 is 0. The fourth-order valence-corrected chi connectivity index (χ4v) is 2.12. The van der Waals surface area contributed by atoms with Crippen LogP contribution in [-0.4, -0.2) is 74.7 Å². The van der Waals surface area contributed by atoms with Gasteiger partial charge >= 0.3 is 0 Å². The Hall–Kier alpha value is -0.160. The monoisotopic (exact) mass is 242 g/mol. The van der Waals surface area contributed by atoms with Gasteiger partial charge in [-0.05, 0) is 34.9 Å². The highest BCUT2D eigenvalue weighted by atomic mass is 15.3. The highest BCUT2D eigenvalue weighted by Crippen LogP contribution is 2.04. The maximum Gasteiger partial charge on any atom is 0.0345 e. The Labute approximate surface area is 107 Å². The first kappa shape index (κ1) is 14.9. The topological polar surface area (TPSA) is 30.5 Å². The maximum atomic E-state index is 3.55.